The second kappa shape index (κ2) is 5.94. The summed E-state index contributed by atoms with van der Waals surface area (Å²) < 4.78 is 28.1. The van der Waals surface area contributed by atoms with Crippen LogP contribution in [0.5, 0.6) is 0 Å². The van der Waals surface area contributed by atoms with Crippen LogP contribution in [0.2, 0.25) is 0 Å². The first kappa shape index (κ1) is 15.2. The molecule has 3 aromatic heterocycles. The molecule has 0 atom stereocenters. The highest BCUT2D eigenvalue weighted by Crippen LogP contribution is 2.23. The Morgan fingerprint density at radius 1 is 1.04 bits per heavy atom. The SMILES string of the molecule is O=c1[nH]c2ncc(-c3ccc(F)c(F)c3)cc2n1Cc1cccnc1. The van der Waals surface area contributed by atoms with E-state index in [0.29, 0.717) is 28.8 Å². The van der Waals surface area contributed by atoms with Gasteiger partial charge in [0.1, 0.15) is 0 Å². The fourth-order valence-electron chi connectivity index (χ4n) is 2.70. The van der Waals surface area contributed by atoms with Crippen molar-refractivity contribution in [3.8, 4) is 11.1 Å². The Morgan fingerprint density at radius 2 is 1.92 bits per heavy atom. The number of nitrogens with zero attached hydrogens (tertiary/aromatic N) is 3. The summed E-state index contributed by atoms with van der Waals surface area (Å²) in [4.78, 5) is 23.2. The number of fused-ring (bicyclic) bond motifs is 1. The second-order valence-corrected chi connectivity index (χ2v) is 5.60. The summed E-state index contributed by atoms with van der Waals surface area (Å²) in [5.74, 6) is -1.84. The van der Waals surface area contributed by atoms with Crippen LogP contribution in [-0.2, 0) is 6.54 Å². The van der Waals surface area contributed by atoms with E-state index in [4.69, 9.17) is 0 Å². The van der Waals surface area contributed by atoms with Gasteiger partial charge in [-0.1, -0.05) is 12.1 Å². The Balaban J connectivity index is 1.83. The number of imidazole rings is 1. The lowest BCUT2D eigenvalue weighted by Crippen LogP contribution is -2.17. The van der Waals surface area contributed by atoms with Crippen molar-refractivity contribution in [3.05, 3.63) is 82.7 Å². The number of rotatable bonds is 3. The predicted octanol–water partition coefficient (Wildman–Crippen LogP) is 3.11. The topological polar surface area (TPSA) is 63.6 Å². The van der Waals surface area contributed by atoms with Crippen molar-refractivity contribution >= 4 is 11.2 Å². The fourth-order valence-corrected chi connectivity index (χ4v) is 2.70. The smallest absolute Gasteiger partial charge is 0.290 e. The molecule has 0 bridgehead atoms. The molecule has 0 unspecified atom stereocenters. The number of H-pyrrole nitrogens is 1. The maximum atomic E-state index is 13.5. The molecular formula is C18H12F2N4O. The molecule has 0 spiro atoms. The second-order valence-electron chi connectivity index (χ2n) is 5.60. The zero-order chi connectivity index (χ0) is 17.4. The molecule has 0 aliphatic carbocycles. The van der Waals surface area contributed by atoms with Crippen molar-refractivity contribution in [3.63, 3.8) is 0 Å². The molecule has 25 heavy (non-hydrogen) atoms. The number of aromatic amines is 1. The van der Waals surface area contributed by atoms with Gasteiger partial charge in [-0.2, -0.15) is 0 Å². The summed E-state index contributed by atoms with van der Waals surface area (Å²) in [6.07, 6.45) is 4.85. The van der Waals surface area contributed by atoms with Crippen LogP contribution in [0, 0.1) is 11.6 Å². The van der Waals surface area contributed by atoms with Crippen molar-refractivity contribution in [1.29, 1.82) is 0 Å². The molecule has 4 aromatic rings. The van der Waals surface area contributed by atoms with Gasteiger partial charge < -0.3 is 0 Å². The molecule has 0 amide bonds. The molecule has 0 saturated heterocycles. The van der Waals surface area contributed by atoms with E-state index in [2.05, 4.69) is 15.0 Å². The summed E-state index contributed by atoms with van der Waals surface area (Å²) in [6.45, 7) is 0.329. The lowest BCUT2D eigenvalue weighted by atomic mass is 10.1. The molecular weight excluding hydrogens is 326 g/mol. The van der Waals surface area contributed by atoms with Crippen LogP contribution in [-0.4, -0.2) is 19.5 Å². The molecule has 0 fully saturated rings. The van der Waals surface area contributed by atoms with Crippen molar-refractivity contribution in [2.75, 3.05) is 0 Å². The Labute approximate surface area is 140 Å². The van der Waals surface area contributed by atoms with Gasteiger partial charge in [0.05, 0.1) is 12.1 Å². The Morgan fingerprint density at radius 3 is 2.68 bits per heavy atom. The van der Waals surface area contributed by atoms with Crippen LogP contribution in [0.4, 0.5) is 8.78 Å². The van der Waals surface area contributed by atoms with Crippen LogP contribution in [0.15, 0.2) is 59.8 Å². The first-order valence-electron chi connectivity index (χ1n) is 7.55. The normalized spacial score (nSPS) is 11.1. The number of halogens is 2. The minimum absolute atomic E-state index is 0.297. The molecule has 0 aliphatic rings. The summed E-state index contributed by atoms with van der Waals surface area (Å²) in [5.41, 5.74) is 2.65. The molecule has 5 nitrogen and oxygen atoms in total. The number of nitrogens with one attached hydrogen (secondary N) is 1. The average molecular weight is 338 g/mol. The van der Waals surface area contributed by atoms with Gasteiger partial charge in [0.25, 0.3) is 0 Å². The van der Waals surface area contributed by atoms with Gasteiger partial charge in [0.2, 0.25) is 0 Å². The minimum Gasteiger partial charge on any atom is -0.290 e. The molecule has 1 aromatic carbocycles. The van der Waals surface area contributed by atoms with E-state index in [1.807, 2.05) is 6.07 Å². The van der Waals surface area contributed by atoms with Crippen LogP contribution in [0.25, 0.3) is 22.3 Å². The van der Waals surface area contributed by atoms with Gasteiger partial charge >= 0.3 is 5.69 Å². The molecule has 7 heteroatoms. The standard InChI is InChI=1S/C18H12F2N4O/c19-14-4-3-12(6-15(14)20)13-7-16-17(22-9-13)23-18(25)24(16)10-11-2-1-5-21-8-11/h1-9H,10H2,(H,22,23,25). The minimum atomic E-state index is -0.931. The number of hydrogen-bond donors (Lipinski definition) is 1. The van der Waals surface area contributed by atoms with E-state index in [-0.39, 0.29) is 5.69 Å². The monoisotopic (exact) mass is 338 g/mol. The third-order valence-corrected chi connectivity index (χ3v) is 3.95. The van der Waals surface area contributed by atoms with Gasteiger partial charge in [-0.25, -0.2) is 18.6 Å². The average Bonchev–Trinajstić information content (AvgIpc) is 2.93. The first-order valence-corrected chi connectivity index (χ1v) is 7.55. The Bertz CT molecular complexity index is 1120. The van der Waals surface area contributed by atoms with Crippen LogP contribution in [0.1, 0.15) is 5.56 Å². The summed E-state index contributed by atoms with van der Waals surface area (Å²) in [5, 5.41) is 0. The quantitative estimate of drug-likeness (QED) is 0.624. The van der Waals surface area contributed by atoms with Crippen molar-refractivity contribution in [1.82, 2.24) is 19.5 Å². The third-order valence-electron chi connectivity index (χ3n) is 3.95. The number of aromatic nitrogens is 4. The van der Waals surface area contributed by atoms with Crippen molar-refractivity contribution < 1.29 is 8.78 Å². The highest BCUT2D eigenvalue weighted by molar-refractivity contribution is 5.78. The lowest BCUT2D eigenvalue weighted by molar-refractivity contribution is 0.509. The van der Waals surface area contributed by atoms with Crippen LogP contribution >= 0.6 is 0 Å². The Hall–Kier alpha value is -3.35. The summed E-state index contributed by atoms with van der Waals surface area (Å²) in [6, 6.07) is 9.02. The van der Waals surface area contributed by atoms with Gasteiger partial charge in [0, 0.05) is 24.2 Å². The first-order chi connectivity index (χ1) is 12.1. The molecule has 1 N–H and O–H groups in total. The van der Waals surface area contributed by atoms with Gasteiger partial charge in [-0.15, -0.1) is 0 Å². The van der Waals surface area contributed by atoms with E-state index in [0.717, 1.165) is 17.7 Å². The number of benzene rings is 1. The zero-order valence-corrected chi connectivity index (χ0v) is 12.9. The van der Waals surface area contributed by atoms with Crippen molar-refractivity contribution in [2.45, 2.75) is 6.54 Å². The van der Waals surface area contributed by atoms with E-state index in [1.54, 1.807) is 24.5 Å². The van der Waals surface area contributed by atoms with Gasteiger partial charge in [-0.3, -0.25) is 14.5 Å². The van der Waals surface area contributed by atoms with Gasteiger partial charge in [0.15, 0.2) is 17.3 Å². The van der Waals surface area contributed by atoms with Crippen LogP contribution < -0.4 is 5.69 Å². The maximum absolute atomic E-state index is 13.5. The van der Waals surface area contributed by atoms with E-state index >= 15 is 0 Å². The molecule has 4 rings (SSSR count). The Kier molecular flexibility index (Phi) is 3.61. The highest BCUT2D eigenvalue weighted by Gasteiger charge is 2.11. The largest absolute Gasteiger partial charge is 0.327 e. The highest BCUT2D eigenvalue weighted by atomic mass is 19.2. The molecule has 0 radical (unpaired) electrons. The predicted molar refractivity (Wildman–Crippen MR) is 89.0 cm³/mol. The molecule has 0 aliphatic heterocycles. The van der Waals surface area contributed by atoms with E-state index in [1.165, 1.54) is 16.8 Å². The van der Waals surface area contributed by atoms with Gasteiger partial charge in [-0.05, 0) is 35.4 Å². The third kappa shape index (κ3) is 2.80. The molecule has 3 heterocycles. The molecule has 0 saturated carbocycles. The fraction of sp³-hybridized carbons (Fsp3) is 0.0556. The molecule has 124 valence electrons. The van der Waals surface area contributed by atoms with Crippen LogP contribution in [0.3, 0.4) is 0 Å². The van der Waals surface area contributed by atoms with E-state index < -0.39 is 11.6 Å². The van der Waals surface area contributed by atoms with E-state index in [9.17, 15) is 13.6 Å². The zero-order valence-electron chi connectivity index (χ0n) is 12.9. The lowest BCUT2D eigenvalue weighted by Gasteiger charge is -2.05. The summed E-state index contributed by atoms with van der Waals surface area (Å²) in [7, 11) is 0. The number of pyridine rings is 2. The number of hydrogen-bond acceptors (Lipinski definition) is 3. The summed E-state index contributed by atoms with van der Waals surface area (Å²) >= 11 is 0. The maximum Gasteiger partial charge on any atom is 0.327 e. The van der Waals surface area contributed by atoms with Crippen molar-refractivity contribution in [2.24, 2.45) is 0 Å².